The highest BCUT2D eigenvalue weighted by molar-refractivity contribution is 5.94. The molecule has 1 unspecified atom stereocenters. The third kappa shape index (κ3) is 34.0. The number of carbonyl (C=O) groups is 2. The average Bonchev–Trinajstić information content (AvgIpc) is 3.07. The van der Waals surface area contributed by atoms with Crippen LogP contribution in [0.1, 0.15) is 187 Å². The van der Waals surface area contributed by atoms with Gasteiger partial charge in [0, 0.05) is 0 Å². The Labute approximate surface area is 298 Å². The Bertz CT molecular complexity index is 788. The van der Waals surface area contributed by atoms with Crippen molar-refractivity contribution >= 4 is 11.9 Å². The lowest BCUT2D eigenvalue weighted by Gasteiger charge is -2.17. The van der Waals surface area contributed by atoms with Gasteiger partial charge in [-0.1, -0.05) is 147 Å². The molecular formula is C43H79NO4. The van der Waals surface area contributed by atoms with Crippen molar-refractivity contribution in [2.75, 3.05) is 33.9 Å². The first-order valence-electron chi connectivity index (χ1n) is 20.5. The first-order valence-corrected chi connectivity index (χ1v) is 20.5. The number of ether oxygens (including phenoxy) is 2. The van der Waals surface area contributed by atoms with E-state index >= 15 is 0 Å². The van der Waals surface area contributed by atoms with Crippen molar-refractivity contribution in [3.63, 3.8) is 0 Å². The van der Waals surface area contributed by atoms with Crippen LogP contribution < -0.4 is 0 Å². The molecule has 0 amide bonds. The van der Waals surface area contributed by atoms with E-state index in [1.54, 1.807) is 0 Å². The van der Waals surface area contributed by atoms with Crippen LogP contribution in [0.15, 0.2) is 36.5 Å². The number of esters is 2. The van der Waals surface area contributed by atoms with Crippen molar-refractivity contribution in [1.82, 2.24) is 4.90 Å². The van der Waals surface area contributed by atoms with Gasteiger partial charge in [0.1, 0.15) is 0 Å². The number of unbranched alkanes of at least 4 members (excludes halogenated alkanes) is 21. The van der Waals surface area contributed by atoms with Crippen molar-refractivity contribution in [1.29, 1.82) is 0 Å². The molecule has 0 saturated carbocycles. The summed E-state index contributed by atoms with van der Waals surface area (Å²) in [5, 5.41) is 0. The van der Waals surface area contributed by atoms with Crippen LogP contribution in [-0.2, 0) is 19.1 Å². The fraction of sp³-hybridized carbons (Fsp3) is 0.814. The van der Waals surface area contributed by atoms with Gasteiger partial charge in [-0.05, 0) is 97.7 Å². The molecule has 5 nitrogen and oxygen atoms in total. The van der Waals surface area contributed by atoms with E-state index in [0.717, 1.165) is 44.9 Å². The van der Waals surface area contributed by atoms with Gasteiger partial charge in [0.05, 0.1) is 13.2 Å². The second-order valence-corrected chi connectivity index (χ2v) is 14.0. The molecule has 0 aromatic rings. The van der Waals surface area contributed by atoms with Gasteiger partial charge >= 0.3 is 11.9 Å². The second-order valence-electron chi connectivity index (χ2n) is 14.0. The molecule has 0 aliphatic rings. The highest BCUT2D eigenvalue weighted by atomic mass is 16.6. The molecule has 0 radical (unpaired) electrons. The van der Waals surface area contributed by atoms with Gasteiger partial charge in [-0.3, -0.25) is 9.59 Å². The molecule has 48 heavy (non-hydrogen) atoms. The van der Waals surface area contributed by atoms with E-state index in [0.29, 0.717) is 26.2 Å². The first kappa shape index (κ1) is 46.1. The summed E-state index contributed by atoms with van der Waals surface area (Å²) in [6, 6.07) is 0. The van der Waals surface area contributed by atoms with E-state index in [1.165, 1.54) is 122 Å². The highest BCUT2D eigenvalue weighted by Gasteiger charge is 2.29. The van der Waals surface area contributed by atoms with Crippen LogP contribution in [0.3, 0.4) is 0 Å². The summed E-state index contributed by atoms with van der Waals surface area (Å²) in [5.74, 6) is -1.68. The van der Waals surface area contributed by atoms with E-state index in [4.69, 9.17) is 9.47 Å². The van der Waals surface area contributed by atoms with E-state index < -0.39 is 17.9 Å². The number of hydrogen-bond acceptors (Lipinski definition) is 5. The number of allylic oxidation sites excluding steroid dienone is 6. The van der Waals surface area contributed by atoms with Crippen molar-refractivity contribution in [3.05, 3.63) is 36.5 Å². The first-order chi connectivity index (χ1) is 23.5. The van der Waals surface area contributed by atoms with Crippen LogP contribution in [-0.4, -0.2) is 50.7 Å². The Morgan fingerprint density at radius 1 is 0.479 bits per heavy atom. The molecule has 0 aliphatic heterocycles. The summed E-state index contributed by atoms with van der Waals surface area (Å²) in [6.45, 7) is 5.93. The van der Waals surface area contributed by atoms with Gasteiger partial charge in [-0.15, -0.1) is 0 Å². The molecule has 280 valence electrons. The zero-order valence-corrected chi connectivity index (χ0v) is 32.3. The Balaban J connectivity index is 3.89. The molecule has 0 saturated heterocycles. The Morgan fingerprint density at radius 3 is 1.23 bits per heavy atom. The lowest BCUT2D eigenvalue weighted by atomic mass is 10.1. The van der Waals surface area contributed by atoms with Gasteiger partial charge in [-0.2, -0.15) is 0 Å². The number of nitrogens with zero attached hydrogens (tertiary/aromatic N) is 1. The van der Waals surface area contributed by atoms with Crippen LogP contribution in [0.5, 0.6) is 0 Å². The highest BCUT2D eigenvalue weighted by Crippen LogP contribution is 2.14. The van der Waals surface area contributed by atoms with E-state index in [9.17, 15) is 9.59 Å². The van der Waals surface area contributed by atoms with Crippen molar-refractivity contribution < 1.29 is 19.1 Å². The smallest absolute Gasteiger partial charge is 0.320 e. The molecular weight excluding hydrogens is 594 g/mol. The Kier molecular flexibility index (Phi) is 36.4. The summed E-state index contributed by atoms with van der Waals surface area (Å²) >= 11 is 0. The van der Waals surface area contributed by atoms with Crippen LogP contribution >= 0.6 is 0 Å². The van der Waals surface area contributed by atoms with Crippen LogP contribution in [0, 0.1) is 5.92 Å². The maximum Gasteiger partial charge on any atom is 0.320 e. The summed E-state index contributed by atoms with van der Waals surface area (Å²) in [7, 11) is 3.90. The van der Waals surface area contributed by atoms with Crippen molar-refractivity contribution in [2.45, 2.75) is 187 Å². The predicted octanol–water partition coefficient (Wildman–Crippen LogP) is 12.5. The van der Waals surface area contributed by atoms with Gasteiger partial charge in [0.2, 0.25) is 0 Å². The van der Waals surface area contributed by atoms with E-state index in [1.807, 2.05) is 19.0 Å². The molecule has 5 heteroatoms. The quantitative estimate of drug-likeness (QED) is 0.0287. The van der Waals surface area contributed by atoms with E-state index in [-0.39, 0.29) is 0 Å². The molecule has 0 heterocycles. The summed E-state index contributed by atoms with van der Waals surface area (Å²) in [4.78, 5) is 27.6. The standard InChI is InChI=1S/C43H79NO4/c1-5-7-9-11-13-15-17-19-21-23-25-27-29-31-33-35-39-47-42(45)41(37-38-44(3)4)43(46)48-40-36-34-32-30-28-26-24-22-20-18-16-14-12-10-8-6-2/h13,15,19-22,41H,5-12,14,16-18,23-40H2,1-4H3/b15-13-,21-19-,22-20-. The number of carbonyl (C=O) groups excluding carboxylic acids is 2. The molecule has 0 aliphatic carbocycles. The Hall–Kier alpha value is -1.88. The topological polar surface area (TPSA) is 55.8 Å². The van der Waals surface area contributed by atoms with Gasteiger partial charge in [0.25, 0.3) is 0 Å². The SMILES string of the molecule is CCCCC/C=C\C/C=C\CCCCCCCCOC(=O)C(CCN(C)C)C(=O)OCCCCCCCC/C=C\CCCCCCCC. The van der Waals surface area contributed by atoms with Crippen molar-refractivity contribution in [2.24, 2.45) is 5.92 Å². The zero-order valence-electron chi connectivity index (χ0n) is 32.3. The zero-order chi connectivity index (χ0) is 35.2. The van der Waals surface area contributed by atoms with Gasteiger partial charge < -0.3 is 14.4 Å². The van der Waals surface area contributed by atoms with E-state index in [2.05, 4.69) is 50.3 Å². The minimum atomic E-state index is -0.828. The molecule has 0 fully saturated rings. The fourth-order valence-corrected chi connectivity index (χ4v) is 5.71. The van der Waals surface area contributed by atoms with Gasteiger partial charge in [-0.25, -0.2) is 0 Å². The van der Waals surface area contributed by atoms with Crippen LogP contribution in [0.2, 0.25) is 0 Å². The molecule has 0 aromatic heterocycles. The molecule has 0 bridgehead atoms. The Morgan fingerprint density at radius 2 is 0.812 bits per heavy atom. The predicted molar refractivity (Wildman–Crippen MR) is 207 cm³/mol. The average molecular weight is 674 g/mol. The summed E-state index contributed by atoms with van der Waals surface area (Å²) < 4.78 is 11.1. The number of hydrogen-bond donors (Lipinski definition) is 0. The monoisotopic (exact) mass is 674 g/mol. The fourth-order valence-electron chi connectivity index (χ4n) is 5.71. The maximum absolute atomic E-state index is 12.8. The lowest BCUT2D eigenvalue weighted by Crippen LogP contribution is -2.31. The largest absolute Gasteiger partial charge is 0.465 e. The molecule has 1 atom stereocenters. The lowest BCUT2D eigenvalue weighted by molar-refractivity contribution is -0.162. The van der Waals surface area contributed by atoms with Crippen LogP contribution in [0.4, 0.5) is 0 Å². The summed E-state index contributed by atoms with van der Waals surface area (Å²) in [5.41, 5.74) is 0. The molecule has 0 N–H and O–H groups in total. The third-order valence-electron chi connectivity index (χ3n) is 8.92. The second kappa shape index (κ2) is 37.9. The molecule has 0 aromatic carbocycles. The normalized spacial score (nSPS) is 12.6. The number of rotatable bonds is 36. The van der Waals surface area contributed by atoms with Crippen LogP contribution in [0.25, 0.3) is 0 Å². The molecule has 0 spiro atoms. The minimum Gasteiger partial charge on any atom is -0.465 e. The van der Waals surface area contributed by atoms with Gasteiger partial charge in [0.15, 0.2) is 5.92 Å². The molecule has 0 rings (SSSR count). The third-order valence-corrected chi connectivity index (χ3v) is 8.92. The minimum absolute atomic E-state index is 0.383. The maximum atomic E-state index is 12.8. The van der Waals surface area contributed by atoms with Crippen molar-refractivity contribution in [3.8, 4) is 0 Å². The summed E-state index contributed by atoms with van der Waals surface area (Å²) in [6.07, 6.45) is 45.9.